The van der Waals surface area contributed by atoms with E-state index in [4.69, 9.17) is 0 Å². The fraction of sp³-hybridized carbons (Fsp3) is 0.417. The molecular formula is C12H18N2. The highest BCUT2D eigenvalue weighted by atomic mass is 14.9. The van der Waals surface area contributed by atoms with Crippen molar-refractivity contribution < 1.29 is 0 Å². The summed E-state index contributed by atoms with van der Waals surface area (Å²) >= 11 is 0. The SMILES string of the molecule is C=CCC[C@H](C)Nc1cccnc1C. The molecule has 0 fully saturated rings. The molecule has 1 aromatic rings. The number of aryl methyl sites for hydroxylation is 1. The lowest BCUT2D eigenvalue weighted by molar-refractivity contribution is 0.717. The minimum Gasteiger partial charge on any atom is -0.381 e. The number of hydrogen-bond donors (Lipinski definition) is 1. The highest BCUT2D eigenvalue weighted by Crippen LogP contribution is 2.13. The van der Waals surface area contributed by atoms with Crippen LogP contribution in [-0.2, 0) is 0 Å². The molecule has 0 aromatic carbocycles. The largest absolute Gasteiger partial charge is 0.381 e. The van der Waals surface area contributed by atoms with Gasteiger partial charge < -0.3 is 5.32 Å². The molecule has 1 aromatic heterocycles. The van der Waals surface area contributed by atoms with Crippen LogP contribution in [0.3, 0.4) is 0 Å². The van der Waals surface area contributed by atoms with Gasteiger partial charge in [-0.3, -0.25) is 4.98 Å². The summed E-state index contributed by atoms with van der Waals surface area (Å²) in [7, 11) is 0. The molecule has 0 saturated carbocycles. The number of nitrogens with zero attached hydrogens (tertiary/aromatic N) is 1. The highest BCUT2D eigenvalue weighted by molar-refractivity contribution is 5.47. The van der Waals surface area contributed by atoms with Gasteiger partial charge in [0.05, 0.1) is 11.4 Å². The Kier molecular flexibility index (Phi) is 4.17. The molecule has 1 atom stereocenters. The molecule has 0 spiro atoms. The first-order chi connectivity index (χ1) is 6.74. The maximum Gasteiger partial charge on any atom is 0.0603 e. The van der Waals surface area contributed by atoms with Crippen LogP contribution in [0.15, 0.2) is 31.0 Å². The predicted molar refractivity (Wildman–Crippen MR) is 61.5 cm³/mol. The fourth-order valence-corrected chi connectivity index (χ4v) is 1.34. The van der Waals surface area contributed by atoms with Crippen molar-refractivity contribution in [3.8, 4) is 0 Å². The van der Waals surface area contributed by atoms with E-state index in [2.05, 4.69) is 29.9 Å². The van der Waals surface area contributed by atoms with Crippen molar-refractivity contribution in [2.24, 2.45) is 0 Å². The van der Waals surface area contributed by atoms with E-state index in [0.29, 0.717) is 6.04 Å². The van der Waals surface area contributed by atoms with Gasteiger partial charge in [0.25, 0.3) is 0 Å². The first-order valence-corrected chi connectivity index (χ1v) is 5.03. The van der Waals surface area contributed by atoms with E-state index in [0.717, 1.165) is 24.2 Å². The summed E-state index contributed by atoms with van der Waals surface area (Å²) in [5.41, 5.74) is 2.18. The van der Waals surface area contributed by atoms with E-state index >= 15 is 0 Å². The number of nitrogens with one attached hydrogen (secondary N) is 1. The molecule has 0 aliphatic rings. The summed E-state index contributed by atoms with van der Waals surface area (Å²) in [5.74, 6) is 0. The average molecular weight is 190 g/mol. The Morgan fingerprint density at radius 3 is 3.07 bits per heavy atom. The molecule has 0 unspecified atom stereocenters. The zero-order valence-electron chi connectivity index (χ0n) is 8.96. The molecular weight excluding hydrogens is 172 g/mol. The van der Waals surface area contributed by atoms with Crippen molar-refractivity contribution in [3.63, 3.8) is 0 Å². The zero-order valence-corrected chi connectivity index (χ0v) is 8.96. The van der Waals surface area contributed by atoms with E-state index < -0.39 is 0 Å². The second-order valence-electron chi connectivity index (χ2n) is 3.55. The first-order valence-electron chi connectivity index (χ1n) is 5.03. The standard InChI is InChI=1S/C12H18N2/c1-4-5-7-10(2)14-12-8-6-9-13-11(12)3/h4,6,8-10,14H,1,5,7H2,2-3H3/t10-/m0/s1. The van der Waals surface area contributed by atoms with Gasteiger partial charge in [0, 0.05) is 12.2 Å². The van der Waals surface area contributed by atoms with E-state index in [9.17, 15) is 0 Å². The molecule has 0 amide bonds. The summed E-state index contributed by atoms with van der Waals surface area (Å²) in [6, 6.07) is 4.48. The van der Waals surface area contributed by atoms with Crippen molar-refractivity contribution >= 4 is 5.69 Å². The Morgan fingerprint density at radius 1 is 1.64 bits per heavy atom. The molecule has 1 N–H and O–H groups in total. The molecule has 0 aliphatic heterocycles. The molecule has 0 aliphatic carbocycles. The summed E-state index contributed by atoms with van der Waals surface area (Å²) in [6.45, 7) is 7.91. The second-order valence-corrected chi connectivity index (χ2v) is 3.55. The lowest BCUT2D eigenvalue weighted by atomic mass is 10.1. The Labute approximate surface area is 86.1 Å². The molecule has 2 nitrogen and oxygen atoms in total. The molecule has 0 bridgehead atoms. The molecule has 76 valence electrons. The number of anilines is 1. The van der Waals surface area contributed by atoms with Crippen molar-refractivity contribution in [3.05, 3.63) is 36.7 Å². The van der Waals surface area contributed by atoms with Gasteiger partial charge in [-0.25, -0.2) is 0 Å². The molecule has 0 saturated heterocycles. The first kappa shape index (κ1) is 10.8. The minimum absolute atomic E-state index is 0.468. The van der Waals surface area contributed by atoms with Crippen molar-refractivity contribution in [1.82, 2.24) is 4.98 Å². The number of allylic oxidation sites excluding steroid dienone is 1. The predicted octanol–water partition coefficient (Wildman–Crippen LogP) is 3.16. The van der Waals surface area contributed by atoms with Gasteiger partial charge in [-0.15, -0.1) is 6.58 Å². The topological polar surface area (TPSA) is 24.9 Å². The summed E-state index contributed by atoms with van der Waals surface area (Å²) in [5, 5.41) is 3.43. The van der Waals surface area contributed by atoms with E-state index in [1.165, 1.54) is 0 Å². The Morgan fingerprint density at radius 2 is 2.43 bits per heavy atom. The average Bonchev–Trinajstić information content (AvgIpc) is 2.18. The minimum atomic E-state index is 0.468. The second kappa shape index (κ2) is 5.43. The third-order valence-corrected chi connectivity index (χ3v) is 2.21. The van der Waals surface area contributed by atoms with Crippen LogP contribution in [0.4, 0.5) is 5.69 Å². The van der Waals surface area contributed by atoms with E-state index in [1.54, 1.807) is 0 Å². The van der Waals surface area contributed by atoms with Crippen LogP contribution in [0.2, 0.25) is 0 Å². The smallest absolute Gasteiger partial charge is 0.0603 e. The van der Waals surface area contributed by atoms with Gasteiger partial charge in [0.15, 0.2) is 0 Å². The van der Waals surface area contributed by atoms with Gasteiger partial charge in [-0.2, -0.15) is 0 Å². The van der Waals surface area contributed by atoms with Crippen LogP contribution in [0.25, 0.3) is 0 Å². The number of aromatic nitrogens is 1. The van der Waals surface area contributed by atoms with Crippen LogP contribution < -0.4 is 5.32 Å². The van der Waals surface area contributed by atoms with Crippen LogP contribution >= 0.6 is 0 Å². The summed E-state index contributed by atoms with van der Waals surface area (Å²) in [4.78, 5) is 4.23. The van der Waals surface area contributed by atoms with Gasteiger partial charge in [0.1, 0.15) is 0 Å². The van der Waals surface area contributed by atoms with Crippen LogP contribution in [0, 0.1) is 6.92 Å². The number of pyridine rings is 1. The van der Waals surface area contributed by atoms with Crippen molar-refractivity contribution in [2.75, 3.05) is 5.32 Å². The lowest BCUT2D eigenvalue weighted by Crippen LogP contribution is -2.15. The zero-order chi connectivity index (χ0) is 10.4. The Bertz CT molecular complexity index is 294. The number of rotatable bonds is 5. The fourth-order valence-electron chi connectivity index (χ4n) is 1.34. The summed E-state index contributed by atoms with van der Waals surface area (Å²) in [6.07, 6.45) is 5.93. The Hall–Kier alpha value is -1.31. The van der Waals surface area contributed by atoms with Gasteiger partial charge in [0.2, 0.25) is 0 Å². The number of hydrogen-bond acceptors (Lipinski definition) is 2. The van der Waals surface area contributed by atoms with Crippen LogP contribution in [0.1, 0.15) is 25.5 Å². The van der Waals surface area contributed by atoms with E-state index in [-0.39, 0.29) is 0 Å². The monoisotopic (exact) mass is 190 g/mol. The molecule has 1 rings (SSSR count). The quantitative estimate of drug-likeness (QED) is 0.721. The van der Waals surface area contributed by atoms with Gasteiger partial charge >= 0.3 is 0 Å². The summed E-state index contributed by atoms with van der Waals surface area (Å²) < 4.78 is 0. The van der Waals surface area contributed by atoms with Crippen molar-refractivity contribution in [1.29, 1.82) is 0 Å². The van der Waals surface area contributed by atoms with Crippen LogP contribution in [-0.4, -0.2) is 11.0 Å². The molecule has 1 heterocycles. The van der Waals surface area contributed by atoms with Gasteiger partial charge in [-0.05, 0) is 38.8 Å². The van der Waals surface area contributed by atoms with Crippen molar-refractivity contribution in [2.45, 2.75) is 32.7 Å². The normalized spacial score (nSPS) is 12.1. The molecule has 0 radical (unpaired) electrons. The molecule has 14 heavy (non-hydrogen) atoms. The third-order valence-electron chi connectivity index (χ3n) is 2.21. The Balaban J connectivity index is 2.51. The van der Waals surface area contributed by atoms with Crippen LogP contribution in [0.5, 0.6) is 0 Å². The third kappa shape index (κ3) is 3.21. The highest BCUT2D eigenvalue weighted by Gasteiger charge is 2.02. The van der Waals surface area contributed by atoms with E-state index in [1.807, 2.05) is 25.3 Å². The maximum absolute atomic E-state index is 4.23. The molecule has 2 heteroatoms. The maximum atomic E-state index is 4.23. The lowest BCUT2D eigenvalue weighted by Gasteiger charge is -2.15. The van der Waals surface area contributed by atoms with Gasteiger partial charge in [-0.1, -0.05) is 6.08 Å².